The number of alkyl halides is 9. The maximum Gasteiger partial charge on any atom is 0.422 e. The molecule has 17 heteroatoms. The largest absolute Gasteiger partial charge is 0.449 e. The van der Waals surface area contributed by atoms with Crippen molar-refractivity contribution in [2.75, 3.05) is 6.61 Å². The molecule has 2 N–H and O–H groups in total. The van der Waals surface area contributed by atoms with Gasteiger partial charge >= 0.3 is 42.2 Å². The highest BCUT2D eigenvalue weighted by atomic mass is 19.4. The third-order valence-electron chi connectivity index (χ3n) is 5.85. The van der Waals surface area contributed by atoms with Gasteiger partial charge in [0.25, 0.3) is 0 Å². The zero-order valence-corrected chi connectivity index (χ0v) is 24.3. The van der Waals surface area contributed by atoms with E-state index in [4.69, 9.17) is 5.73 Å². The summed E-state index contributed by atoms with van der Waals surface area (Å²) >= 11 is 0. The molecule has 0 bridgehead atoms. The van der Waals surface area contributed by atoms with Crippen LogP contribution in [0.25, 0.3) is 0 Å². The van der Waals surface area contributed by atoms with Gasteiger partial charge in [-0.1, -0.05) is 36.4 Å². The lowest BCUT2D eigenvalue weighted by Gasteiger charge is -2.27. The van der Waals surface area contributed by atoms with Gasteiger partial charge < -0.3 is 20.3 Å². The smallest absolute Gasteiger partial charge is 0.422 e. The molecule has 0 saturated heterocycles. The summed E-state index contributed by atoms with van der Waals surface area (Å²) in [5.74, 6) is -5.42. The van der Waals surface area contributed by atoms with E-state index < -0.39 is 78.6 Å². The lowest BCUT2D eigenvalue weighted by molar-refractivity contribution is -0.190. The number of benzene rings is 2. The molecule has 0 radical (unpaired) electrons. The SMILES string of the molecule is CC(C)N(Cc1ccccc1C(F)(F)F)C(=O)C(=O)OCC(F)(F)F.CC(C)N(Cc1ccccc1C(F)(F)F)C(=O)C(N)=O. The van der Waals surface area contributed by atoms with Gasteiger partial charge in [0, 0.05) is 25.2 Å². The van der Waals surface area contributed by atoms with Gasteiger partial charge in [0.2, 0.25) is 0 Å². The van der Waals surface area contributed by atoms with Crippen LogP contribution in [0.1, 0.15) is 49.9 Å². The molecule has 0 atom stereocenters. The predicted octanol–water partition coefficient (Wildman–Crippen LogP) is 5.48. The summed E-state index contributed by atoms with van der Waals surface area (Å²) < 4.78 is 118. The molecule has 0 aliphatic heterocycles. The number of nitrogens with two attached hydrogens (primary N) is 1. The summed E-state index contributed by atoms with van der Waals surface area (Å²) in [4.78, 5) is 47.7. The fraction of sp³-hybridized carbons (Fsp3) is 0.429. The summed E-state index contributed by atoms with van der Waals surface area (Å²) in [6.07, 6.45) is -14.0. The highest BCUT2D eigenvalue weighted by Crippen LogP contribution is 2.33. The molecule has 8 nitrogen and oxygen atoms in total. The number of carbonyl (C=O) groups is 4. The number of hydrogen-bond donors (Lipinski definition) is 1. The Morgan fingerprint density at radius 1 is 0.667 bits per heavy atom. The van der Waals surface area contributed by atoms with Gasteiger partial charge in [0.05, 0.1) is 11.1 Å². The van der Waals surface area contributed by atoms with Gasteiger partial charge in [0.15, 0.2) is 6.61 Å². The number of rotatable bonds is 7. The standard InChI is InChI=1S/C15H15F6NO3.C13H15F3N2O2/c1-9(2)22(12(23)13(24)25-8-14(16,17)18)7-10-5-3-4-6-11(10)15(19,20)21;1-8(2)18(12(20)11(17)19)7-9-5-3-4-6-10(9)13(14,15)16/h3-6,9H,7-8H2,1-2H3;3-6,8H,7H2,1-2H3,(H2,17,19). The average molecular weight is 660 g/mol. The van der Waals surface area contributed by atoms with Gasteiger partial charge in [0.1, 0.15) is 0 Å². The topological polar surface area (TPSA) is 110 Å². The highest BCUT2D eigenvalue weighted by Gasteiger charge is 2.37. The summed E-state index contributed by atoms with van der Waals surface area (Å²) in [6.45, 7) is 3.12. The zero-order chi connectivity index (χ0) is 34.9. The molecule has 0 spiro atoms. The van der Waals surface area contributed by atoms with Crippen LogP contribution in [0, 0.1) is 0 Å². The Balaban J connectivity index is 0.000000461. The second-order valence-corrected chi connectivity index (χ2v) is 9.92. The van der Waals surface area contributed by atoms with E-state index in [1.54, 1.807) is 13.8 Å². The minimum atomic E-state index is -4.82. The Hall–Kier alpha value is -4.31. The van der Waals surface area contributed by atoms with Gasteiger partial charge in [-0.05, 0) is 51.0 Å². The van der Waals surface area contributed by atoms with Crippen LogP contribution in [-0.2, 0) is 49.4 Å². The molecule has 0 aromatic heterocycles. The summed E-state index contributed by atoms with van der Waals surface area (Å²) in [6, 6.07) is 8.12. The van der Waals surface area contributed by atoms with Crippen LogP contribution in [0.2, 0.25) is 0 Å². The number of primary amides is 1. The average Bonchev–Trinajstić information content (AvgIpc) is 2.91. The number of nitrogens with zero attached hydrogens (tertiary/aromatic N) is 2. The van der Waals surface area contributed by atoms with Crippen molar-refractivity contribution in [1.29, 1.82) is 0 Å². The van der Waals surface area contributed by atoms with Gasteiger partial charge in [-0.2, -0.15) is 39.5 Å². The summed E-state index contributed by atoms with van der Waals surface area (Å²) in [7, 11) is 0. The van der Waals surface area contributed by atoms with E-state index in [1.165, 1.54) is 38.1 Å². The van der Waals surface area contributed by atoms with Crippen molar-refractivity contribution >= 4 is 23.7 Å². The molecule has 3 amide bonds. The quantitative estimate of drug-likeness (QED) is 0.241. The Morgan fingerprint density at radius 2 is 1.02 bits per heavy atom. The summed E-state index contributed by atoms with van der Waals surface area (Å²) in [5.41, 5.74) is 2.70. The molecule has 0 fully saturated rings. The zero-order valence-electron chi connectivity index (χ0n) is 24.3. The molecule has 0 saturated carbocycles. The molecular formula is C28H30F9N3O5. The van der Waals surface area contributed by atoms with Crippen molar-refractivity contribution in [3.05, 3.63) is 70.8 Å². The van der Waals surface area contributed by atoms with Crippen LogP contribution >= 0.6 is 0 Å². The maximum absolute atomic E-state index is 13.0. The van der Waals surface area contributed by atoms with E-state index in [0.29, 0.717) is 4.90 Å². The van der Waals surface area contributed by atoms with E-state index >= 15 is 0 Å². The molecule has 2 aromatic rings. The third kappa shape index (κ3) is 12.3. The van der Waals surface area contributed by atoms with Crippen LogP contribution in [0.4, 0.5) is 39.5 Å². The predicted molar refractivity (Wildman–Crippen MR) is 140 cm³/mol. The number of hydrogen-bond acceptors (Lipinski definition) is 5. The van der Waals surface area contributed by atoms with E-state index in [-0.39, 0.29) is 17.7 Å². The van der Waals surface area contributed by atoms with Crippen molar-refractivity contribution in [1.82, 2.24) is 9.80 Å². The van der Waals surface area contributed by atoms with Crippen LogP contribution in [-0.4, -0.2) is 58.4 Å². The van der Waals surface area contributed by atoms with Crippen molar-refractivity contribution in [2.45, 2.75) is 71.4 Å². The van der Waals surface area contributed by atoms with Crippen LogP contribution < -0.4 is 5.73 Å². The maximum atomic E-state index is 13.0. The Bertz CT molecular complexity index is 1340. The second kappa shape index (κ2) is 15.6. The molecule has 0 aliphatic carbocycles. The molecule has 2 rings (SSSR count). The van der Waals surface area contributed by atoms with E-state index in [9.17, 15) is 58.7 Å². The van der Waals surface area contributed by atoms with Gasteiger partial charge in [-0.3, -0.25) is 14.4 Å². The highest BCUT2D eigenvalue weighted by molar-refractivity contribution is 6.34. The number of halogens is 9. The van der Waals surface area contributed by atoms with Crippen LogP contribution in [0.15, 0.2) is 48.5 Å². The minimum absolute atomic E-state index is 0.0803. The van der Waals surface area contributed by atoms with E-state index in [1.807, 2.05) is 0 Å². The molecule has 0 aliphatic rings. The van der Waals surface area contributed by atoms with Crippen molar-refractivity contribution in [2.24, 2.45) is 5.73 Å². The molecular weight excluding hydrogens is 629 g/mol. The molecule has 250 valence electrons. The fourth-order valence-electron chi connectivity index (χ4n) is 3.68. The van der Waals surface area contributed by atoms with Crippen molar-refractivity contribution in [3.63, 3.8) is 0 Å². The number of amides is 3. The first-order valence-electron chi connectivity index (χ1n) is 12.9. The Morgan fingerprint density at radius 3 is 1.33 bits per heavy atom. The first-order chi connectivity index (χ1) is 20.5. The van der Waals surface area contributed by atoms with Crippen molar-refractivity contribution in [3.8, 4) is 0 Å². The first kappa shape index (κ1) is 38.7. The molecule has 0 unspecified atom stereocenters. The fourth-order valence-corrected chi connectivity index (χ4v) is 3.68. The van der Waals surface area contributed by atoms with Gasteiger partial charge in [-0.15, -0.1) is 0 Å². The third-order valence-corrected chi connectivity index (χ3v) is 5.85. The summed E-state index contributed by atoms with van der Waals surface area (Å²) in [5, 5.41) is 0. The minimum Gasteiger partial charge on any atom is -0.449 e. The number of ether oxygens (including phenoxy) is 1. The van der Waals surface area contributed by atoms with E-state index in [2.05, 4.69) is 4.74 Å². The van der Waals surface area contributed by atoms with E-state index in [0.717, 1.165) is 29.2 Å². The number of carbonyl (C=O) groups excluding carboxylic acids is 4. The first-order valence-corrected chi connectivity index (χ1v) is 12.9. The Labute approximate surface area is 251 Å². The van der Waals surface area contributed by atoms with Crippen LogP contribution in [0.3, 0.4) is 0 Å². The lowest BCUT2D eigenvalue weighted by Crippen LogP contribution is -2.43. The Kier molecular flexibility index (Phi) is 13.4. The number of esters is 1. The van der Waals surface area contributed by atoms with Gasteiger partial charge in [-0.25, -0.2) is 4.79 Å². The molecule has 45 heavy (non-hydrogen) atoms. The molecule has 0 heterocycles. The van der Waals surface area contributed by atoms with Crippen molar-refractivity contribution < 1.29 is 63.4 Å². The van der Waals surface area contributed by atoms with Crippen LogP contribution in [0.5, 0.6) is 0 Å². The second-order valence-electron chi connectivity index (χ2n) is 9.92. The monoisotopic (exact) mass is 659 g/mol. The molecule has 2 aromatic carbocycles. The lowest BCUT2D eigenvalue weighted by atomic mass is 10.1. The normalized spacial score (nSPS) is 11.9.